The van der Waals surface area contributed by atoms with Gasteiger partial charge in [0.15, 0.2) is 5.82 Å². The van der Waals surface area contributed by atoms with Gasteiger partial charge in [-0.15, -0.1) is 0 Å². The van der Waals surface area contributed by atoms with E-state index in [1.165, 1.54) is 21.5 Å². The molecule has 0 aliphatic rings. The van der Waals surface area contributed by atoms with E-state index in [0.717, 1.165) is 50.3 Å². The summed E-state index contributed by atoms with van der Waals surface area (Å²) < 4.78 is 4.74. The Bertz CT molecular complexity index is 2260. The van der Waals surface area contributed by atoms with Crippen molar-refractivity contribution in [2.75, 3.05) is 0 Å². The number of fused-ring (bicyclic) bond motifs is 6. The van der Waals surface area contributed by atoms with Crippen molar-refractivity contribution in [3.8, 4) is 34.0 Å². The van der Waals surface area contributed by atoms with Crippen molar-refractivity contribution in [3.63, 3.8) is 0 Å². The molecule has 0 aliphatic heterocycles. The first-order valence-corrected chi connectivity index (χ1v) is 14.8. The zero-order valence-corrected chi connectivity index (χ0v) is 23.8. The molecule has 6 aromatic carbocycles. The molecule has 4 nitrogen and oxygen atoms in total. The minimum Gasteiger partial charge on any atom is -0.309 e. The van der Waals surface area contributed by atoms with E-state index in [4.69, 9.17) is 9.97 Å². The van der Waals surface area contributed by atoms with Gasteiger partial charge in [0.05, 0.1) is 27.8 Å². The summed E-state index contributed by atoms with van der Waals surface area (Å²) in [5.41, 5.74) is 9.70. The van der Waals surface area contributed by atoms with Crippen molar-refractivity contribution in [3.05, 3.63) is 158 Å². The third-order valence-electron chi connectivity index (χ3n) is 8.56. The molecule has 0 unspecified atom stereocenters. The van der Waals surface area contributed by atoms with Crippen molar-refractivity contribution in [1.82, 2.24) is 19.1 Å². The van der Waals surface area contributed by atoms with Gasteiger partial charge in [0.1, 0.15) is 0 Å². The highest BCUT2D eigenvalue weighted by atomic mass is 15.0. The predicted molar refractivity (Wildman–Crippen MR) is 182 cm³/mol. The highest BCUT2D eigenvalue weighted by molar-refractivity contribution is 6.10. The van der Waals surface area contributed by atoms with Gasteiger partial charge in [-0.1, -0.05) is 103 Å². The van der Waals surface area contributed by atoms with E-state index in [-0.39, 0.29) is 0 Å². The van der Waals surface area contributed by atoms with Crippen molar-refractivity contribution in [1.29, 1.82) is 0 Å². The van der Waals surface area contributed by atoms with Gasteiger partial charge in [-0.3, -0.25) is 0 Å². The number of nitrogens with zero attached hydrogens (tertiary/aromatic N) is 4. The molecule has 0 N–H and O–H groups in total. The van der Waals surface area contributed by atoms with Crippen LogP contribution in [0.15, 0.2) is 158 Å². The van der Waals surface area contributed by atoms with Crippen molar-refractivity contribution >= 4 is 43.6 Å². The minimum absolute atomic E-state index is 0.691. The highest BCUT2D eigenvalue weighted by Gasteiger charge is 2.18. The second kappa shape index (κ2) is 9.79. The van der Waals surface area contributed by atoms with E-state index in [1.807, 2.05) is 30.5 Å². The summed E-state index contributed by atoms with van der Waals surface area (Å²) in [5.74, 6) is 0.691. The van der Waals surface area contributed by atoms with Gasteiger partial charge in [0.2, 0.25) is 0 Å². The van der Waals surface area contributed by atoms with Crippen LogP contribution in [0, 0.1) is 0 Å². The molecule has 0 aliphatic carbocycles. The molecule has 0 amide bonds. The first-order valence-electron chi connectivity index (χ1n) is 14.8. The third-order valence-corrected chi connectivity index (χ3v) is 8.56. The Kier molecular flexibility index (Phi) is 5.47. The Morgan fingerprint density at radius 1 is 0.386 bits per heavy atom. The molecule has 0 spiro atoms. The van der Waals surface area contributed by atoms with Crippen LogP contribution in [0.25, 0.3) is 77.6 Å². The van der Waals surface area contributed by atoms with Crippen LogP contribution in [0.4, 0.5) is 0 Å². The zero-order valence-electron chi connectivity index (χ0n) is 23.8. The number of benzene rings is 6. The van der Waals surface area contributed by atoms with E-state index in [1.54, 1.807) is 0 Å². The van der Waals surface area contributed by atoms with Crippen LogP contribution < -0.4 is 0 Å². The number of aromatic nitrogens is 4. The quantitative estimate of drug-likeness (QED) is 0.214. The van der Waals surface area contributed by atoms with E-state index >= 15 is 0 Å². The van der Waals surface area contributed by atoms with Crippen LogP contribution in [0.5, 0.6) is 0 Å². The summed E-state index contributed by atoms with van der Waals surface area (Å²) in [7, 11) is 0. The van der Waals surface area contributed by atoms with Crippen LogP contribution >= 0.6 is 0 Å². The van der Waals surface area contributed by atoms with Crippen LogP contribution in [0.2, 0.25) is 0 Å². The second-order valence-corrected chi connectivity index (χ2v) is 11.1. The Morgan fingerprint density at radius 3 is 1.30 bits per heavy atom. The smallest absolute Gasteiger partial charge is 0.159 e. The van der Waals surface area contributed by atoms with E-state index < -0.39 is 0 Å². The SMILES string of the molecule is c1ccc(-c2ccnc(-c3cc(-n4c5ccccc5c5ccccc54)cc(-n4c5ccccc5c5ccccc54)c3)n2)cc1. The fraction of sp³-hybridized carbons (Fsp3) is 0. The van der Waals surface area contributed by atoms with Gasteiger partial charge in [0.25, 0.3) is 0 Å². The molecular weight excluding hydrogens is 536 g/mol. The lowest BCUT2D eigenvalue weighted by molar-refractivity contribution is 1.12. The maximum atomic E-state index is 5.08. The third kappa shape index (κ3) is 3.78. The molecule has 0 radical (unpaired) electrons. The van der Waals surface area contributed by atoms with E-state index in [2.05, 4.69) is 137 Å². The molecule has 3 heterocycles. The molecule has 0 saturated heterocycles. The Morgan fingerprint density at radius 2 is 0.818 bits per heavy atom. The highest BCUT2D eigenvalue weighted by Crippen LogP contribution is 2.37. The van der Waals surface area contributed by atoms with Gasteiger partial charge in [0, 0.05) is 50.2 Å². The topological polar surface area (TPSA) is 35.6 Å². The minimum atomic E-state index is 0.691. The Balaban J connectivity index is 1.37. The van der Waals surface area contributed by atoms with Crippen molar-refractivity contribution in [2.45, 2.75) is 0 Å². The summed E-state index contributed by atoms with van der Waals surface area (Å²) in [6, 6.07) is 53.5. The molecule has 0 bridgehead atoms. The molecule has 206 valence electrons. The normalized spacial score (nSPS) is 11.6. The summed E-state index contributed by atoms with van der Waals surface area (Å²) in [6.07, 6.45) is 1.86. The summed E-state index contributed by atoms with van der Waals surface area (Å²) >= 11 is 0. The molecule has 0 atom stereocenters. The lowest BCUT2D eigenvalue weighted by Crippen LogP contribution is -2.01. The molecule has 4 heteroatoms. The predicted octanol–water partition coefficient (Wildman–Crippen LogP) is 10.0. The molecule has 0 saturated carbocycles. The fourth-order valence-corrected chi connectivity index (χ4v) is 6.65. The van der Waals surface area contributed by atoms with Gasteiger partial charge in [-0.05, 0) is 48.5 Å². The molecular formula is C40H26N4. The summed E-state index contributed by atoms with van der Waals surface area (Å²) in [4.78, 5) is 9.88. The van der Waals surface area contributed by atoms with Crippen LogP contribution in [-0.4, -0.2) is 19.1 Å². The Labute approximate surface area is 254 Å². The molecule has 9 rings (SSSR count). The fourth-order valence-electron chi connectivity index (χ4n) is 6.65. The summed E-state index contributed by atoms with van der Waals surface area (Å²) in [6.45, 7) is 0. The average molecular weight is 563 g/mol. The molecule has 3 aromatic heterocycles. The van der Waals surface area contributed by atoms with Crippen molar-refractivity contribution < 1.29 is 0 Å². The molecule has 44 heavy (non-hydrogen) atoms. The monoisotopic (exact) mass is 562 g/mol. The molecule has 0 fully saturated rings. The second-order valence-electron chi connectivity index (χ2n) is 11.1. The lowest BCUT2D eigenvalue weighted by Gasteiger charge is -2.15. The standard InChI is InChI=1S/C40H26N4/c1-2-12-27(13-3-1)35-22-23-41-40(42-35)28-24-29(43-36-18-8-4-14-31(36)32-15-5-9-19-37(32)43)26-30(25-28)44-38-20-10-6-16-33(38)34-17-7-11-21-39(34)44/h1-26H. The average Bonchev–Trinajstić information content (AvgIpc) is 3.62. The molecule has 9 aromatic rings. The largest absolute Gasteiger partial charge is 0.309 e. The number of rotatable bonds is 4. The van der Waals surface area contributed by atoms with Crippen molar-refractivity contribution in [2.24, 2.45) is 0 Å². The van der Waals surface area contributed by atoms with E-state index in [9.17, 15) is 0 Å². The number of hydrogen-bond acceptors (Lipinski definition) is 2. The maximum Gasteiger partial charge on any atom is 0.159 e. The number of para-hydroxylation sites is 4. The van der Waals surface area contributed by atoms with Gasteiger partial charge in [-0.2, -0.15) is 0 Å². The number of hydrogen-bond donors (Lipinski definition) is 0. The van der Waals surface area contributed by atoms with Gasteiger partial charge >= 0.3 is 0 Å². The van der Waals surface area contributed by atoms with E-state index in [0.29, 0.717) is 5.82 Å². The first kappa shape index (κ1) is 24.6. The Hall–Kier alpha value is -6.00. The summed E-state index contributed by atoms with van der Waals surface area (Å²) in [5, 5.41) is 4.92. The maximum absolute atomic E-state index is 5.08. The lowest BCUT2D eigenvalue weighted by atomic mass is 10.1. The first-order chi connectivity index (χ1) is 21.8. The van der Waals surface area contributed by atoms with Crippen LogP contribution in [0.3, 0.4) is 0 Å². The zero-order chi connectivity index (χ0) is 29.0. The van der Waals surface area contributed by atoms with Gasteiger partial charge in [-0.25, -0.2) is 9.97 Å². The van der Waals surface area contributed by atoms with Crippen LogP contribution in [-0.2, 0) is 0 Å². The van der Waals surface area contributed by atoms with Crippen LogP contribution in [0.1, 0.15) is 0 Å². The van der Waals surface area contributed by atoms with Gasteiger partial charge < -0.3 is 9.13 Å².